The van der Waals surface area contributed by atoms with E-state index in [-0.39, 0.29) is 23.1 Å². The van der Waals surface area contributed by atoms with Gasteiger partial charge in [0, 0.05) is 29.4 Å². The average molecular weight is 339 g/mol. The van der Waals surface area contributed by atoms with Crippen LogP contribution in [0.3, 0.4) is 0 Å². The van der Waals surface area contributed by atoms with Gasteiger partial charge in [0.05, 0.1) is 5.92 Å². The van der Waals surface area contributed by atoms with Crippen molar-refractivity contribution in [1.82, 2.24) is 10.6 Å². The van der Waals surface area contributed by atoms with Crippen LogP contribution in [0.25, 0.3) is 0 Å². The zero-order valence-corrected chi connectivity index (χ0v) is 13.3. The molecule has 108 valence electrons. The molecule has 2 amide bonds. The van der Waals surface area contributed by atoms with Crippen LogP contribution < -0.4 is 10.6 Å². The Bertz CT molecular complexity index is 528. The summed E-state index contributed by atoms with van der Waals surface area (Å²) in [5.74, 6) is -0.330. The predicted molar refractivity (Wildman–Crippen MR) is 81.3 cm³/mol. The normalized spacial score (nSPS) is 18.8. The van der Waals surface area contributed by atoms with E-state index in [0.717, 1.165) is 10.0 Å². The minimum Gasteiger partial charge on any atom is -0.355 e. The van der Waals surface area contributed by atoms with Gasteiger partial charge < -0.3 is 10.6 Å². The fourth-order valence-corrected chi connectivity index (χ4v) is 2.65. The summed E-state index contributed by atoms with van der Waals surface area (Å²) in [4.78, 5) is 23.1. The Labute approximate surface area is 127 Å². The molecule has 1 aliphatic rings. The van der Waals surface area contributed by atoms with Gasteiger partial charge in [0.25, 0.3) is 0 Å². The van der Waals surface area contributed by atoms with Crippen LogP contribution in [-0.2, 0) is 15.0 Å². The molecule has 1 aromatic rings. The molecule has 1 fully saturated rings. The van der Waals surface area contributed by atoms with Crippen LogP contribution >= 0.6 is 15.9 Å². The largest absolute Gasteiger partial charge is 0.355 e. The highest BCUT2D eigenvalue weighted by atomic mass is 79.9. The Balaban J connectivity index is 1.95. The molecule has 0 aliphatic carbocycles. The van der Waals surface area contributed by atoms with E-state index in [9.17, 15) is 9.59 Å². The van der Waals surface area contributed by atoms with Gasteiger partial charge in [-0.3, -0.25) is 9.59 Å². The Morgan fingerprint density at radius 2 is 2.25 bits per heavy atom. The summed E-state index contributed by atoms with van der Waals surface area (Å²) in [5.41, 5.74) is 1.00. The quantitative estimate of drug-likeness (QED) is 0.881. The standard InChI is InChI=1S/C15H19BrN2O2/c1-15(2,11-4-3-5-12(16)7-11)9-18-14(20)10-6-13(19)17-8-10/h3-5,7,10H,6,8-9H2,1-2H3,(H,17,19)(H,18,20)/t10-/m1/s1. The Kier molecular flexibility index (Phi) is 4.48. The number of halogens is 1. The summed E-state index contributed by atoms with van der Waals surface area (Å²) in [6.45, 7) is 5.18. The molecule has 0 bridgehead atoms. The van der Waals surface area contributed by atoms with Crippen molar-refractivity contribution >= 4 is 27.7 Å². The smallest absolute Gasteiger partial charge is 0.225 e. The van der Waals surface area contributed by atoms with E-state index in [4.69, 9.17) is 0 Å². The van der Waals surface area contributed by atoms with Gasteiger partial charge in [0.15, 0.2) is 0 Å². The van der Waals surface area contributed by atoms with E-state index in [2.05, 4.69) is 52.5 Å². The van der Waals surface area contributed by atoms with Crippen molar-refractivity contribution in [3.8, 4) is 0 Å². The molecule has 1 aliphatic heterocycles. The lowest BCUT2D eigenvalue weighted by atomic mass is 9.84. The van der Waals surface area contributed by atoms with Crippen molar-refractivity contribution in [3.63, 3.8) is 0 Å². The first kappa shape index (κ1) is 15.0. The molecule has 2 N–H and O–H groups in total. The van der Waals surface area contributed by atoms with E-state index in [0.29, 0.717) is 19.5 Å². The first-order chi connectivity index (χ1) is 9.38. The highest BCUT2D eigenvalue weighted by Gasteiger charge is 2.29. The number of rotatable bonds is 4. The van der Waals surface area contributed by atoms with E-state index in [1.807, 2.05) is 12.1 Å². The maximum atomic E-state index is 12.0. The molecule has 1 heterocycles. The van der Waals surface area contributed by atoms with Gasteiger partial charge in [-0.25, -0.2) is 0 Å². The lowest BCUT2D eigenvalue weighted by Crippen LogP contribution is -2.40. The minimum absolute atomic E-state index is 0.0450. The Morgan fingerprint density at radius 1 is 1.50 bits per heavy atom. The lowest BCUT2D eigenvalue weighted by Gasteiger charge is -2.26. The molecule has 0 unspecified atom stereocenters. The summed E-state index contributed by atoms with van der Waals surface area (Å²) in [6, 6.07) is 8.08. The molecule has 2 rings (SSSR count). The first-order valence-corrected chi connectivity index (χ1v) is 7.48. The summed E-state index contributed by atoms with van der Waals surface area (Å²) in [7, 11) is 0. The fraction of sp³-hybridized carbons (Fsp3) is 0.467. The summed E-state index contributed by atoms with van der Waals surface area (Å²) in [6.07, 6.45) is 0.295. The molecular weight excluding hydrogens is 320 g/mol. The first-order valence-electron chi connectivity index (χ1n) is 6.69. The number of carbonyl (C=O) groups is 2. The van der Waals surface area contributed by atoms with Crippen LogP contribution in [0.15, 0.2) is 28.7 Å². The highest BCUT2D eigenvalue weighted by molar-refractivity contribution is 9.10. The number of amides is 2. The molecular formula is C15H19BrN2O2. The third-order valence-electron chi connectivity index (χ3n) is 3.66. The number of hydrogen-bond donors (Lipinski definition) is 2. The molecule has 0 spiro atoms. The molecule has 20 heavy (non-hydrogen) atoms. The monoisotopic (exact) mass is 338 g/mol. The second-order valence-electron chi connectivity index (χ2n) is 5.82. The molecule has 5 heteroatoms. The van der Waals surface area contributed by atoms with Gasteiger partial charge >= 0.3 is 0 Å². The third-order valence-corrected chi connectivity index (χ3v) is 4.15. The van der Waals surface area contributed by atoms with Crippen molar-refractivity contribution in [3.05, 3.63) is 34.3 Å². The van der Waals surface area contributed by atoms with Gasteiger partial charge in [-0.1, -0.05) is 41.9 Å². The Morgan fingerprint density at radius 3 is 2.85 bits per heavy atom. The van der Waals surface area contributed by atoms with E-state index < -0.39 is 0 Å². The predicted octanol–water partition coefficient (Wildman–Crippen LogP) is 1.98. The second kappa shape index (κ2) is 5.95. The molecule has 0 radical (unpaired) electrons. The van der Waals surface area contributed by atoms with Crippen LogP contribution in [0.2, 0.25) is 0 Å². The fourth-order valence-electron chi connectivity index (χ4n) is 2.25. The number of nitrogens with one attached hydrogen (secondary N) is 2. The van der Waals surface area contributed by atoms with Gasteiger partial charge in [0.1, 0.15) is 0 Å². The van der Waals surface area contributed by atoms with Gasteiger partial charge in [-0.15, -0.1) is 0 Å². The molecule has 1 saturated heterocycles. The van der Waals surface area contributed by atoms with Crippen LogP contribution in [-0.4, -0.2) is 24.9 Å². The zero-order valence-electron chi connectivity index (χ0n) is 11.7. The third kappa shape index (κ3) is 3.60. The van der Waals surface area contributed by atoms with Gasteiger partial charge in [-0.05, 0) is 17.7 Å². The topological polar surface area (TPSA) is 58.2 Å². The number of carbonyl (C=O) groups excluding carboxylic acids is 2. The van der Waals surface area contributed by atoms with Crippen molar-refractivity contribution in [2.45, 2.75) is 25.7 Å². The minimum atomic E-state index is -0.235. The zero-order chi connectivity index (χ0) is 14.8. The van der Waals surface area contributed by atoms with Gasteiger partial charge in [0.2, 0.25) is 11.8 Å². The molecule has 4 nitrogen and oxygen atoms in total. The van der Waals surface area contributed by atoms with Crippen molar-refractivity contribution in [1.29, 1.82) is 0 Å². The van der Waals surface area contributed by atoms with E-state index in [1.54, 1.807) is 0 Å². The summed E-state index contributed by atoms with van der Waals surface area (Å²) >= 11 is 3.46. The molecule has 0 saturated carbocycles. The highest BCUT2D eigenvalue weighted by Crippen LogP contribution is 2.25. The van der Waals surface area contributed by atoms with Crippen LogP contribution in [0.4, 0.5) is 0 Å². The SMILES string of the molecule is CC(C)(CNC(=O)[C@H]1CNC(=O)C1)c1cccc(Br)c1. The molecule has 1 atom stereocenters. The van der Waals surface area contributed by atoms with Crippen molar-refractivity contribution < 1.29 is 9.59 Å². The maximum absolute atomic E-state index is 12.0. The average Bonchev–Trinajstić information content (AvgIpc) is 2.83. The maximum Gasteiger partial charge on any atom is 0.225 e. The van der Waals surface area contributed by atoms with Crippen LogP contribution in [0.5, 0.6) is 0 Å². The van der Waals surface area contributed by atoms with Gasteiger partial charge in [-0.2, -0.15) is 0 Å². The second-order valence-corrected chi connectivity index (χ2v) is 6.73. The van der Waals surface area contributed by atoms with Crippen molar-refractivity contribution in [2.75, 3.05) is 13.1 Å². The number of benzene rings is 1. The van der Waals surface area contributed by atoms with E-state index in [1.165, 1.54) is 0 Å². The lowest BCUT2D eigenvalue weighted by molar-refractivity contribution is -0.126. The Hall–Kier alpha value is -1.36. The van der Waals surface area contributed by atoms with Crippen LogP contribution in [0.1, 0.15) is 25.8 Å². The van der Waals surface area contributed by atoms with Crippen molar-refractivity contribution in [2.24, 2.45) is 5.92 Å². The number of hydrogen-bond acceptors (Lipinski definition) is 2. The summed E-state index contributed by atoms with van der Waals surface area (Å²) in [5, 5.41) is 5.64. The van der Waals surface area contributed by atoms with E-state index >= 15 is 0 Å². The summed E-state index contributed by atoms with van der Waals surface area (Å²) < 4.78 is 1.03. The molecule has 0 aromatic heterocycles. The van der Waals surface area contributed by atoms with Crippen LogP contribution in [0, 0.1) is 5.92 Å². The molecule has 1 aromatic carbocycles.